The molecular formula is C21H26F2N4O2S. The Hall–Kier alpha value is -2.39. The van der Waals surface area contributed by atoms with Crippen LogP contribution in [0.3, 0.4) is 0 Å². The molecular weight excluding hydrogens is 410 g/mol. The number of hydrogen-bond acceptors (Lipinski definition) is 5. The molecule has 3 N–H and O–H groups in total. The lowest BCUT2D eigenvalue weighted by molar-refractivity contribution is -0.121. The largest absolute Gasteiger partial charge is 0.369 e. The molecule has 1 heterocycles. The first-order valence-electron chi connectivity index (χ1n) is 10.1. The minimum absolute atomic E-state index is 0.0259. The molecule has 0 atom stereocenters. The first-order chi connectivity index (χ1) is 14.4. The van der Waals surface area contributed by atoms with E-state index in [4.69, 9.17) is 5.73 Å². The number of primary amides is 1. The molecule has 0 bridgehead atoms. The van der Waals surface area contributed by atoms with E-state index in [-0.39, 0.29) is 19.0 Å². The SMILES string of the molecule is NC(=O)CN(CCC1CCCCC1)CC(=O)Nc1nc(-c2ccc(F)c(F)c2)cs1. The summed E-state index contributed by atoms with van der Waals surface area (Å²) in [7, 11) is 0. The Balaban J connectivity index is 1.55. The zero-order chi connectivity index (χ0) is 21.5. The molecule has 6 nitrogen and oxygen atoms in total. The molecule has 162 valence electrons. The second kappa shape index (κ2) is 10.6. The van der Waals surface area contributed by atoms with Crippen molar-refractivity contribution in [2.45, 2.75) is 38.5 Å². The fraction of sp³-hybridized carbons (Fsp3) is 0.476. The number of hydrogen-bond donors (Lipinski definition) is 2. The predicted octanol–water partition coefficient (Wildman–Crippen LogP) is 3.78. The molecule has 2 amide bonds. The maximum atomic E-state index is 13.4. The van der Waals surface area contributed by atoms with Gasteiger partial charge in [-0.25, -0.2) is 13.8 Å². The lowest BCUT2D eigenvalue weighted by Crippen LogP contribution is -2.40. The molecule has 30 heavy (non-hydrogen) atoms. The Morgan fingerprint density at radius 1 is 1.17 bits per heavy atom. The van der Waals surface area contributed by atoms with Gasteiger partial charge in [-0.05, 0) is 37.1 Å². The van der Waals surface area contributed by atoms with Crippen LogP contribution in [0.15, 0.2) is 23.6 Å². The molecule has 1 fully saturated rings. The number of benzene rings is 1. The number of halogens is 2. The molecule has 0 spiro atoms. The molecule has 1 aromatic carbocycles. The highest BCUT2D eigenvalue weighted by atomic mass is 32.1. The quantitative estimate of drug-likeness (QED) is 0.626. The van der Waals surface area contributed by atoms with Gasteiger partial charge in [0.1, 0.15) is 0 Å². The highest BCUT2D eigenvalue weighted by Crippen LogP contribution is 2.27. The van der Waals surface area contributed by atoms with E-state index in [0.717, 1.165) is 18.6 Å². The van der Waals surface area contributed by atoms with Gasteiger partial charge in [0.2, 0.25) is 11.8 Å². The van der Waals surface area contributed by atoms with Crippen molar-refractivity contribution in [2.24, 2.45) is 11.7 Å². The Morgan fingerprint density at radius 2 is 1.93 bits per heavy atom. The summed E-state index contributed by atoms with van der Waals surface area (Å²) in [5.41, 5.74) is 6.21. The van der Waals surface area contributed by atoms with Gasteiger partial charge >= 0.3 is 0 Å². The molecule has 0 aliphatic heterocycles. The van der Waals surface area contributed by atoms with Gasteiger partial charge < -0.3 is 11.1 Å². The van der Waals surface area contributed by atoms with E-state index in [9.17, 15) is 18.4 Å². The molecule has 0 unspecified atom stereocenters. The van der Waals surface area contributed by atoms with Crippen LogP contribution in [-0.4, -0.2) is 41.3 Å². The standard InChI is InChI=1S/C21H26F2N4O2S/c22-16-7-6-15(10-17(16)23)18-13-30-21(25-18)26-20(29)12-27(11-19(24)28)9-8-14-4-2-1-3-5-14/h6-7,10,13-14H,1-5,8-9,11-12H2,(H2,24,28)(H,25,26,29). The second-order valence-electron chi connectivity index (χ2n) is 7.68. The predicted molar refractivity (Wildman–Crippen MR) is 113 cm³/mol. The van der Waals surface area contributed by atoms with E-state index in [1.54, 1.807) is 10.3 Å². The van der Waals surface area contributed by atoms with E-state index in [1.807, 2.05) is 0 Å². The molecule has 1 aliphatic rings. The van der Waals surface area contributed by atoms with Gasteiger partial charge in [-0.15, -0.1) is 11.3 Å². The average molecular weight is 437 g/mol. The van der Waals surface area contributed by atoms with Gasteiger partial charge in [-0.1, -0.05) is 32.1 Å². The van der Waals surface area contributed by atoms with Crippen molar-refractivity contribution in [1.29, 1.82) is 0 Å². The Kier molecular flexibility index (Phi) is 7.87. The van der Waals surface area contributed by atoms with Crippen LogP contribution >= 0.6 is 11.3 Å². The molecule has 0 saturated heterocycles. The van der Waals surface area contributed by atoms with Crippen molar-refractivity contribution < 1.29 is 18.4 Å². The number of anilines is 1. The second-order valence-corrected chi connectivity index (χ2v) is 8.54. The van der Waals surface area contributed by atoms with Crippen LogP contribution in [-0.2, 0) is 9.59 Å². The molecule has 3 rings (SSSR count). The summed E-state index contributed by atoms with van der Waals surface area (Å²) in [6.07, 6.45) is 7.10. The van der Waals surface area contributed by atoms with E-state index >= 15 is 0 Å². The Bertz CT molecular complexity index is 884. The summed E-state index contributed by atoms with van der Waals surface area (Å²) in [5, 5.41) is 4.72. The summed E-state index contributed by atoms with van der Waals surface area (Å²) in [4.78, 5) is 29.9. The maximum absolute atomic E-state index is 13.4. The van der Waals surface area contributed by atoms with Gasteiger partial charge in [0.05, 0.1) is 18.8 Å². The van der Waals surface area contributed by atoms with Gasteiger partial charge in [0.15, 0.2) is 16.8 Å². The summed E-state index contributed by atoms with van der Waals surface area (Å²) < 4.78 is 26.5. The third-order valence-corrected chi connectivity index (χ3v) is 6.05. The van der Waals surface area contributed by atoms with E-state index < -0.39 is 17.5 Å². The highest BCUT2D eigenvalue weighted by molar-refractivity contribution is 7.14. The zero-order valence-electron chi connectivity index (χ0n) is 16.7. The van der Waals surface area contributed by atoms with Crippen molar-refractivity contribution in [3.05, 3.63) is 35.2 Å². The van der Waals surface area contributed by atoms with Gasteiger partial charge in [-0.3, -0.25) is 14.5 Å². The highest BCUT2D eigenvalue weighted by Gasteiger charge is 2.19. The van der Waals surface area contributed by atoms with Crippen molar-refractivity contribution >= 4 is 28.3 Å². The maximum Gasteiger partial charge on any atom is 0.240 e. The zero-order valence-corrected chi connectivity index (χ0v) is 17.5. The van der Waals surface area contributed by atoms with Crippen LogP contribution in [0.4, 0.5) is 13.9 Å². The van der Waals surface area contributed by atoms with Crippen LogP contribution in [0.25, 0.3) is 11.3 Å². The lowest BCUT2D eigenvalue weighted by Gasteiger charge is -2.25. The molecule has 0 radical (unpaired) electrons. The topological polar surface area (TPSA) is 88.3 Å². The third kappa shape index (κ3) is 6.56. The summed E-state index contributed by atoms with van der Waals surface area (Å²) in [6.45, 7) is 0.701. The van der Waals surface area contributed by atoms with Crippen LogP contribution < -0.4 is 11.1 Å². The van der Waals surface area contributed by atoms with Crippen LogP contribution in [0.5, 0.6) is 0 Å². The molecule has 2 aromatic rings. The fourth-order valence-electron chi connectivity index (χ4n) is 3.76. The minimum atomic E-state index is -0.953. The number of thiazole rings is 1. The van der Waals surface area contributed by atoms with E-state index in [1.165, 1.54) is 49.5 Å². The Morgan fingerprint density at radius 3 is 2.63 bits per heavy atom. The van der Waals surface area contributed by atoms with Crippen LogP contribution in [0.1, 0.15) is 38.5 Å². The first kappa shape index (κ1) is 22.3. The Labute approximate surface area is 178 Å². The van der Waals surface area contributed by atoms with Gasteiger partial charge in [0.25, 0.3) is 0 Å². The first-order valence-corrected chi connectivity index (χ1v) is 11.0. The molecule has 1 aliphatic carbocycles. The number of nitrogens with two attached hydrogens (primary N) is 1. The van der Waals surface area contributed by atoms with Gasteiger partial charge in [-0.2, -0.15) is 0 Å². The summed E-state index contributed by atoms with van der Waals surface area (Å²) in [5.74, 6) is -2.02. The average Bonchev–Trinajstić information content (AvgIpc) is 3.17. The normalized spacial score (nSPS) is 14.8. The smallest absolute Gasteiger partial charge is 0.240 e. The number of carbonyl (C=O) groups is 2. The lowest BCUT2D eigenvalue weighted by atomic mass is 9.87. The van der Waals surface area contributed by atoms with E-state index in [0.29, 0.717) is 28.9 Å². The van der Waals surface area contributed by atoms with Crippen LogP contribution in [0.2, 0.25) is 0 Å². The number of rotatable bonds is 9. The summed E-state index contributed by atoms with van der Waals surface area (Å²) >= 11 is 1.19. The number of amides is 2. The number of carbonyl (C=O) groups excluding carboxylic acids is 2. The third-order valence-electron chi connectivity index (χ3n) is 5.29. The minimum Gasteiger partial charge on any atom is -0.369 e. The molecule has 9 heteroatoms. The monoisotopic (exact) mass is 436 g/mol. The van der Waals surface area contributed by atoms with Crippen molar-refractivity contribution in [3.63, 3.8) is 0 Å². The summed E-state index contributed by atoms with van der Waals surface area (Å²) in [6, 6.07) is 3.53. The number of nitrogens with zero attached hydrogens (tertiary/aromatic N) is 2. The van der Waals surface area contributed by atoms with Crippen LogP contribution in [0, 0.1) is 17.6 Å². The van der Waals surface area contributed by atoms with E-state index in [2.05, 4.69) is 10.3 Å². The fourth-order valence-corrected chi connectivity index (χ4v) is 4.49. The number of nitrogens with one attached hydrogen (secondary N) is 1. The molecule has 1 aromatic heterocycles. The van der Waals surface area contributed by atoms with Gasteiger partial charge in [0, 0.05) is 10.9 Å². The number of aromatic nitrogens is 1. The van der Waals surface area contributed by atoms with Crippen molar-refractivity contribution in [2.75, 3.05) is 25.0 Å². The molecule has 1 saturated carbocycles. The van der Waals surface area contributed by atoms with Crippen molar-refractivity contribution in [3.8, 4) is 11.3 Å². The van der Waals surface area contributed by atoms with Crippen molar-refractivity contribution in [1.82, 2.24) is 9.88 Å².